The number of nitrogens with zero attached hydrogens (tertiary/aromatic N) is 2. The maximum atomic E-state index is 8.99. The molecule has 1 N–H and O–H groups in total. The number of likely N-dealkylation sites (N-methyl/N-ethyl adjacent to an activating group) is 1. The van der Waals surface area contributed by atoms with E-state index in [0.717, 1.165) is 32.6 Å². The first-order valence-corrected chi connectivity index (χ1v) is 6.09. The van der Waals surface area contributed by atoms with Gasteiger partial charge < -0.3 is 10.1 Å². The van der Waals surface area contributed by atoms with Crippen LogP contribution in [0.3, 0.4) is 0 Å². The van der Waals surface area contributed by atoms with Gasteiger partial charge in [-0.15, -0.1) is 0 Å². The van der Waals surface area contributed by atoms with Crippen molar-refractivity contribution in [1.82, 2.24) is 10.2 Å². The number of nitrogens with one attached hydrogen (secondary N) is 1. The van der Waals surface area contributed by atoms with E-state index in [1.807, 2.05) is 6.92 Å². The summed E-state index contributed by atoms with van der Waals surface area (Å²) < 4.78 is 5.46. The van der Waals surface area contributed by atoms with Crippen LogP contribution in [0.2, 0.25) is 0 Å². The van der Waals surface area contributed by atoms with Gasteiger partial charge in [0.1, 0.15) is 6.04 Å². The van der Waals surface area contributed by atoms with Crippen molar-refractivity contribution in [3.63, 3.8) is 0 Å². The standard InChI is InChI=1S/C12H23N3O/c1-4-14-11(7-13)8-15-6-5-10(2)12(9-15)16-3/h10-12,14H,4-6,8-9H2,1-3H3. The zero-order valence-corrected chi connectivity index (χ0v) is 10.6. The highest BCUT2D eigenvalue weighted by atomic mass is 16.5. The van der Waals surface area contributed by atoms with Crippen LogP contribution in [0.5, 0.6) is 0 Å². The molecule has 4 nitrogen and oxygen atoms in total. The zero-order chi connectivity index (χ0) is 12.0. The third kappa shape index (κ3) is 3.75. The van der Waals surface area contributed by atoms with Crippen molar-refractivity contribution in [2.45, 2.75) is 32.4 Å². The molecule has 92 valence electrons. The molecule has 1 heterocycles. The molecule has 1 aliphatic heterocycles. The Morgan fingerprint density at radius 3 is 2.94 bits per heavy atom. The molecule has 1 fully saturated rings. The lowest BCUT2D eigenvalue weighted by atomic mass is 9.95. The fraction of sp³-hybridized carbons (Fsp3) is 0.917. The molecule has 0 aromatic carbocycles. The maximum absolute atomic E-state index is 8.99. The van der Waals surface area contributed by atoms with E-state index in [0.29, 0.717) is 12.0 Å². The van der Waals surface area contributed by atoms with Crippen molar-refractivity contribution >= 4 is 0 Å². The smallest absolute Gasteiger partial charge is 0.108 e. The summed E-state index contributed by atoms with van der Waals surface area (Å²) >= 11 is 0. The van der Waals surface area contributed by atoms with E-state index in [1.165, 1.54) is 0 Å². The Kier molecular flexibility index (Phi) is 5.75. The van der Waals surface area contributed by atoms with Crippen LogP contribution < -0.4 is 5.32 Å². The highest BCUT2D eigenvalue weighted by Crippen LogP contribution is 2.19. The summed E-state index contributed by atoms with van der Waals surface area (Å²) in [5, 5.41) is 12.2. The van der Waals surface area contributed by atoms with Crippen LogP contribution in [0.25, 0.3) is 0 Å². The highest BCUT2D eigenvalue weighted by molar-refractivity contribution is 4.93. The quantitative estimate of drug-likeness (QED) is 0.753. The van der Waals surface area contributed by atoms with Crippen LogP contribution in [0, 0.1) is 17.2 Å². The Morgan fingerprint density at radius 1 is 1.62 bits per heavy atom. The van der Waals surface area contributed by atoms with Gasteiger partial charge in [-0.3, -0.25) is 4.90 Å². The third-order valence-corrected chi connectivity index (χ3v) is 3.32. The van der Waals surface area contributed by atoms with E-state index in [1.54, 1.807) is 7.11 Å². The van der Waals surface area contributed by atoms with E-state index in [-0.39, 0.29) is 6.04 Å². The molecular formula is C12H23N3O. The highest BCUT2D eigenvalue weighted by Gasteiger charge is 2.27. The first-order valence-electron chi connectivity index (χ1n) is 6.09. The second-order valence-electron chi connectivity index (χ2n) is 4.54. The first kappa shape index (κ1) is 13.4. The van der Waals surface area contributed by atoms with E-state index in [2.05, 4.69) is 23.2 Å². The lowest BCUT2D eigenvalue weighted by Gasteiger charge is -2.36. The van der Waals surface area contributed by atoms with Crippen LogP contribution in [-0.2, 0) is 4.74 Å². The van der Waals surface area contributed by atoms with Gasteiger partial charge in [0, 0.05) is 20.2 Å². The minimum atomic E-state index is -0.0593. The molecule has 0 radical (unpaired) electrons. The van der Waals surface area contributed by atoms with E-state index in [4.69, 9.17) is 10.00 Å². The SMILES string of the molecule is CCNC(C#N)CN1CCC(C)C(OC)C1. The molecule has 0 aromatic rings. The molecule has 4 heteroatoms. The second kappa shape index (κ2) is 6.85. The maximum Gasteiger partial charge on any atom is 0.108 e. The number of nitriles is 1. The third-order valence-electron chi connectivity index (χ3n) is 3.32. The average molecular weight is 225 g/mol. The predicted molar refractivity (Wildman–Crippen MR) is 64.1 cm³/mol. The monoisotopic (exact) mass is 225 g/mol. The van der Waals surface area contributed by atoms with Gasteiger partial charge in [-0.25, -0.2) is 0 Å². The van der Waals surface area contributed by atoms with Gasteiger partial charge in [0.05, 0.1) is 12.2 Å². The number of hydrogen-bond acceptors (Lipinski definition) is 4. The van der Waals surface area contributed by atoms with Gasteiger partial charge in [-0.1, -0.05) is 13.8 Å². The number of piperidine rings is 1. The molecule has 0 amide bonds. The van der Waals surface area contributed by atoms with E-state index < -0.39 is 0 Å². The van der Waals surface area contributed by atoms with Crippen LogP contribution in [0.1, 0.15) is 20.3 Å². The van der Waals surface area contributed by atoms with Crippen LogP contribution in [-0.4, -0.2) is 50.3 Å². The van der Waals surface area contributed by atoms with Gasteiger partial charge in [0.25, 0.3) is 0 Å². The molecule has 0 bridgehead atoms. The van der Waals surface area contributed by atoms with Gasteiger partial charge in [-0.05, 0) is 25.4 Å². The number of methoxy groups -OCH3 is 1. The summed E-state index contributed by atoms with van der Waals surface area (Å²) in [4.78, 5) is 2.32. The van der Waals surface area contributed by atoms with Crippen LogP contribution in [0.15, 0.2) is 0 Å². The Hall–Kier alpha value is -0.630. The minimum absolute atomic E-state index is 0.0593. The van der Waals surface area contributed by atoms with Gasteiger partial charge >= 0.3 is 0 Å². The Bertz CT molecular complexity index is 239. The number of rotatable bonds is 5. The largest absolute Gasteiger partial charge is 0.380 e. The fourth-order valence-electron chi connectivity index (χ4n) is 2.23. The molecule has 16 heavy (non-hydrogen) atoms. The molecule has 3 unspecified atom stereocenters. The molecule has 1 saturated heterocycles. The van der Waals surface area contributed by atoms with Crippen LogP contribution in [0.4, 0.5) is 0 Å². The lowest BCUT2D eigenvalue weighted by Crippen LogP contribution is -2.48. The first-order chi connectivity index (χ1) is 7.71. The normalized spacial score (nSPS) is 28.6. The zero-order valence-electron chi connectivity index (χ0n) is 10.6. The minimum Gasteiger partial charge on any atom is -0.380 e. The number of likely N-dealkylation sites (tertiary alicyclic amines) is 1. The lowest BCUT2D eigenvalue weighted by molar-refractivity contribution is -0.00593. The van der Waals surface area contributed by atoms with Crippen molar-refractivity contribution < 1.29 is 4.74 Å². The summed E-state index contributed by atoms with van der Waals surface area (Å²) in [5.74, 6) is 0.626. The molecule has 0 aliphatic carbocycles. The molecule has 0 spiro atoms. The summed E-state index contributed by atoms with van der Waals surface area (Å²) in [7, 11) is 1.77. The Balaban J connectivity index is 2.40. The van der Waals surface area contributed by atoms with E-state index in [9.17, 15) is 0 Å². The average Bonchev–Trinajstić information content (AvgIpc) is 2.30. The number of ether oxygens (including phenoxy) is 1. The summed E-state index contributed by atoms with van der Waals surface area (Å²) in [5.41, 5.74) is 0. The number of hydrogen-bond donors (Lipinski definition) is 1. The molecule has 1 rings (SSSR count). The van der Waals surface area contributed by atoms with Crippen molar-refractivity contribution in [3.05, 3.63) is 0 Å². The Morgan fingerprint density at radius 2 is 2.38 bits per heavy atom. The molecule has 0 saturated carbocycles. The van der Waals surface area contributed by atoms with Gasteiger partial charge in [0.2, 0.25) is 0 Å². The topological polar surface area (TPSA) is 48.3 Å². The van der Waals surface area contributed by atoms with Crippen molar-refractivity contribution in [2.24, 2.45) is 5.92 Å². The van der Waals surface area contributed by atoms with Gasteiger partial charge in [0.15, 0.2) is 0 Å². The molecule has 1 aliphatic rings. The summed E-state index contributed by atoms with van der Waals surface area (Å²) in [6, 6.07) is 2.24. The predicted octanol–water partition coefficient (Wildman–Crippen LogP) is 0.845. The molecule has 3 atom stereocenters. The van der Waals surface area contributed by atoms with Crippen molar-refractivity contribution in [3.8, 4) is 6.07 Å². The summed E-state index contributed by atoms with van der Waals surface area (Å²) in [6.45, 7) is 7.93. The Labute approximate surface area is 98.6 Å². The second-order valence-corrected chi connectivity index (χ2v) is 4.54. The van der Waals surface area contributed by atoms with E-state index >= 15 is 0 Å². The molecular weight excluding hydrogens is 202 g/mol. The molecule has 0 aromatic heterocycles. The summed E-state index contributed by atoms with van der Waals surface area (Å²) in [6.07, 6.45) is 1.47. The van der Waals surface area contributed by atoms with Crippen LogP contribution >= 0.6 is 0 Å². The fourth-order valence-corrected chi connectivity index (χ4v) is 2.23. The van der Waals surface area contributed by atoms with Crippen molar-refractivity contribution in [1.29, 1.82) is 5.26 Å². The van der Waals surface area contributed by atoms with Gasteiger partial charge in [-0.2, -0.15) is 5.26 Å². The van der Waals surface area contributed by atoms with Crippen molar-refractivity contribution in [2.75, 3.05) is 33.3 Å².